The largest absolute Gasteiger partial charge is 0.323 e. The van der Waals surface area contributed by atoms with E-state index in [-0.39, 0.29) is 5.41 Å². The van der Waals surface area contributed by atoms with Crippen LogP contribution in [0.25, 0.3) is 27.5 Å². The van der Waals surface area contributed by atoms with Crippen LogP contribution in [0.1, 0.15) is 43.0 Å². The molecule has 27 heavy (non-hydrogen) atoms. The van der Waals surface area contributed by atoms with Crippen molar-refractivity contribution >= 4 is 16.3 Å². The Bertz CT molecular complexity index is 1160. The van der Waals surface area contributed by atoms with Gasteiger partial charge in [0.25, 0.3) is 0 Å². The summed E-state index contributed by atoms with van der Waals surface area (Å²) in [6.07, 6.45) is 7.48. The zero-order chi connectivity index (χ0) is 19.3. The van der Waals surface area contributed by atoms with Gasteiger partial charge in [-0.25, -0.2) is 0 Å². The summed E-state index contributed by atoms with van der Waals surface area (Å²) in [6.45, 7) is 13.5. The van der Waals surface area contributed by atoms with Crippen LogP contribution in [0.5, 0.6) is 0 Å². The molecule has 0 atom stereocenters. The number of aromatic nitrogens is 2. The van der Waals surface area contributed by atoms with E-state index in [0.29, 0.717) is 0 Å². The zero-order valence-corrected chi connectivity index (χ0v) is 17.2. The van der Waals surface area contributed by atoms with Crippen LogP contribution < -0.4 is 0 Å². The Hall–Kier alpha value is -2.61. The van der Waals surface area contributed by atoms with Gasteiger partial charge in [0.1, 0.15) is 0 Å². The van der Waals surface area contributed by atoms with Gasteiger partial charge in [-0.05, 0) is 73.1 Å². The highest BCUT2D eigenvalue weighted by molar-refractivity contribution is 6.07. The predicted molar refractivity (Wildman–Crippen MR) is 116 cm³/mol. The number of aryl methyl sites for hydroxylation is 3. The molecule has 0 bridgehead atoms. The van der Waals surface area contributed by atoms with Crippen LogP contribution in [0.3, 0.4) is 0 Å². The van der Waals surface area contributed by atoms with Gasteiger partial charge in [0.15, 0.2) is 0 Å². The van der Waals surface area contributed by atoms with Crippen molar-refractivity contribution in [3.63, 3.8) is 0 Å². The number of rotatable bonds is 2. The lowest BCUT2D eigenvalue weighted by Gasteiger charge is -2.20. The summed E-state index contributed by atoms with van der Waals surface area (Å²) >= 11 is 0. The highest BCUT2D eigenvalue weighted by Gasteiger charge is 2.18. The quantitative estimate of drug-likeness (QED) is 0.392. The van der Waals surface area contributed by atoms with Gasteiger partial charge in [-0.3, -0.25) is 4.98 Å². The number of nitrogens with zero attached hydrogens (tertiary/aromatic N) is 2. The van der Waals surface area contributed by atoms with Crippen LogP contribution >= 0.6 is 0 Å². The molecule has 0 unspecified atom stereocenters. The predicted octanol–water partition coefficient (Wildman–Crippen LogP) is 6.67. The van der Waals surface area contributed by atoms with E-state index in [0.717, 1.165) is 12.1 Å². The summed E-state index contributed by atoms with van der Waals surface area (Å²) in [5.74, 6) is 0. The van der Waals surface area contributed by atoms with Crippen molar-refractivity contribution in [3.05, 3.63) is 71.2 Å². The minimum absolute atomic E-state index is 0.256. The molecule has 0 aliphatic heterocycles. The summed E-state index contributed by atoms with van der Waals surface area (Å²) in [5, 5.41) is 2.62. The molecule has 0 saturated carbocycles. The molecule has 4 aromatic rings. The van der Waals surface area contributed by atoms with Crippen LogP contribution in [0.4, 0.5) is 0 Å². The minimum Gasteiger partial charge on any atom is -0.323 e. The van der Waals surface area contributed by atoms with Crippen LogP contribution in [0, 0.1) is 26.2 Å². The number of hydrogen-bond acceptors (Lipinski definition) is 1. The third-order valence-electron chi connectivity index (χ3n) is 5.37. The topological polar surface area (TPSA) is 17.3 Å². The van der Waals surface area contributed by atoms with Crippen molar-refractivity contribution in [1.82, 2.24) is 9.38 Å². The van der Waals surface area contributed by atoms with Crippen LogP contribution in [-0.2, 0) is 6.42 Å². The molecule has 0 aliphatic rings. The summed E-state index contributed by atoms with van der Waals surface area (Å²) < 4.78 is 2.23. The van der Waals surface area contributed by atoms with Gasteiger partial charge >= 0.3 is 0 Å². The lowest BCUT2D eigenvalue weighted by atomic mass is 9.86. The summed E-state index contributed by atoms with van der Waals surface area (Å²) in [6, 6.07) is 11.0. The molecule has 2 heteroatoms. The molecule has 2 nitrogen and oxygen atoms in total. The molecule has 4 rings (SSSR count). The van der Waals surface area contributed by atoms with E-state index in [1.165, 1.54) is 44.1 Å². The Balaban J connectivity index is 2.01. The third-order valence-corrected chi connectivity index (χ3v) is 5.37. The summed E-state index contributed by atoms with van der Waals surface area (Å²) in [5.41, 5.74) is 9.13. The van der Waals surface area contributed by atoms with Crippen LogP contribution in [-0.4, -0.2) is 9.38 Å². The highest BCUT2D eigenvalue weighted by atomic mass is 14.9. The van der Waals surface area contributed by atoms with E-state index in [2.05, 4.69) is 88.7 Å². The van der Waals surface area contributed by atoms with Crippen molar-refractivity contribution in [2.75, 3.05) is 0 Å². The van der Waals surface area contributed by atoms with Gasteiger partial charge in [0.05, 0.1) is 11.2 Å². The average molecular weight is 357 g/mol. The zero-order valence-electron chi connectivity index (χ0n) is 17.2. The average Bonchev–Trinajstić information content (AvgIpc) is 2.95. The van der Waals surface area contributed by atoms with Crippen molar-refractivity contribution in [2.24, 2.45) is 5.41 Å². The molecule has 0 aliphatic carbocycles. The van der Waals surface area contributed by atoms with E-state index >= 15 is 0 Å². The second kappa shape index (κ2) is 6.23. The number of hydrogen-bond donors (Lipinski definition) is 0. The summed E-state index contributed by atoms with van der Waals surface area (Å²) in [4.78, 5) is 4.84. The van der Waals surface area contributed by atoms with Gasteiger partial charge < -0.3 is 4.40 Å². The van der Waals surface area contributed by atoms with Crippen LogP contribution in [0.2, 0.25) is 0 Å². The van der Waals surface area contributed by atoms with E-state index in [1.807, 2.05) is 6.20 Å². The molecule has 0 fully saturated rings. The monoisotopic (exact) mass is 356 g/mol. The minimum atomic E-state index is 0.256. The fourth-order valence-corrected chi connectivity index (χ4v) is 4.21. The maximum Gasteiger partial charge on any atom is 0.0714 e. The van der Waals surface area contributed by atoms with E-state index in [4.69, 9.17) is 4.98 Å². The van der Waals surface area contributed by atoms with E-state index < -0.39 is 0 Å². The highest BCUT2D eigenvalue weighted by Crippen LogP contribution is 2.37. The molecular formula is C25H28N2. The van der Waals surface area contributed by atoms with Crippen LogP contribution in [0.15, 0.2) is 48.9 Å². The van der Waals surface area contributed by atoms with Gasteiger partial charge in [-0.1, -0.05) is 32.9 Å². The molecule has 0 saturated heterocycles. The fraction of sp³-hybridized carbons (Fsp3) is 0.320. The summed E-state index contributed by atoms with van der Waals surface area (Å²) in [7, 11) is 0. The Morgan fingerprint density at radius 2 is 1.74 bits per heavy atom. The fourth-order valence-electron chi connectivity index (χ4n) is 4.21. The SMILES string of the molecule is Cc1cnc(-c2c(C)cc(C)c3c2cn2ccccc32)cc1CC(C)(C)C. The van der Waals surface area contributed by atoms with Gasteiger partial charge in [-0.15, -0.1) is 0 Å². The lowest BCUT2D eigenvalue weighted by molar-refractivity contribution is 0.410. The second-order valence-electron chi connectivity index (χ2n) is 9.03. The molecule has 3 heterocycles. The maximum absolute atomic E-state index is 4.84. The van der Waals surface area contributed by atoms with Gasteiger partial charge in [0.2, 0.25) is 0 Å². The first-order chi connectivity index (χ1) is 12.7. The molecule has 0 N–H and O–H groups in total. The Morgan fingerprint density at radius 3 is 2.48 bits per heavy atom. The third kappa shape index (κ3) is 3.14. The molecule has 0 amide bonds. The van der Waals surface area contributed by atoms with Crippen molar-refractivity contribution in [3.8, 4) is 11.3 Å². The first-order valence-corrected chi connectivity index (χ1v) is 9.70. The van der Waals surface area contributed by atoms with E-state index in [9.17, 15) is 0 Å². The lowest BCUT2D eigenvalue weighted by Crippen LogP contribution is -2.10. The van der Waals surface area contributed by atoms with Gasteiger partial charge in [-0.2, -0.15) is 0 Å². The molecule has 1 aromatic carbocycles. The number of pyridine rings is 2. The molecule has 0 spiro atoms. The molecule has 0 radical (unpaired) electrons. The normalized spacial score (nSPS) is 12.2. The number of benzene rings is 1. The van der Waals surface area contributed by atoms with Crippen molar-refractivity contribution in [2.45, 2.75) is 48.0 Å². The standard InChI is InChI=1S/C25H28N2/c1-16-11-17(2)24-20(15-27-10-8-7-9-22(24)27)23(16)21-12-19(13-25(4,5)6)18(3)14-26-21/h7-12,14-15H,13H2,1-6H3. The Morgan fingerprint density at radius 1 is 0.963 bits per heavy atom. The van der Waals surface area contributed by atoms with E-state index in [1.54, 1.807) is 0 Å². The molecule has 3 aromatic heterocycles. The first-order valence-electron chi connectivity index (χ1n) is 9.70. The molecule has 138 valence electrons. The van der Waals surface area contributed by atoms with Gasteiger partial charge in [0, 0.05) is 34.9 Å². The first kappa shape index (κ1) is 17.8. The van der Waals surface area contributed by atoms with Crippen molar-refractivity contribution in [1.29, 1.82) is 0 Å². The number of fused-ring (bicyclic) bond motifs is 3. The Labute approximate surface area is 161 Å². The maximum atomic E-state index is 4.84. The second-order valence-corrected chi connectivity index (χ2v) is 9.03. The smallest absolute Gasteiger partial charge is 0.0714 e. The Kier molecular flexibility index (Phi) is 4.10. The van der Waals surface area contributed by atoms with Crippen molar-refractivity contribution < 1.29 is 0 Å². The molecular weight excluding hydrogens is 328 g/mol.